The summed E-state index contributed by atoms with van der Waals surface area (Å²) in [6.45, 7) is 5.05. The molecule has 3 aromatic rings. The van der Waals surface area contributed by atoms with Gasteiger partial charge in [-0.2, -0.15) is 0 Å². The van der Waals surface area contributed by atoms with Crippen LogP contribution in [0.4, 0.5) is 10.5 Å². The van der Waals surface area contributed by atoms with E-state index in [2.05, 4.69) is 25.5 Å². The van der Waals surface area contributed by atoms with Gasteiger partial charge in [-0.25, -0.2) is 9.78 Å². The summed E-state index contributed by atoms with van der Waals surface area (Å²) in [6, 6.07) is 6.02. The summed E-state index contributed by atoms with van der Waals surface area (Å²) in [6.07, 6.45) is 1.62. The van der Waals surface area contributed by atoms with E-state index < -0.39 is 4.92 Å². The smallest absolute Gasteiger partial charge is 0.317 e. The van der Waals surface area contributed by atoms with Gasteiger partial charge in [-0.1, -0.05) is 12.1 Å². The van der Waals surface area contributed by atoms with Crippen LogP contribution in [0.25, 0.3) is 11.3 Å². The number of hydrogen-bond acceptors (Lipinski definition) is 6. The van der Waals surface area contributed by atoms with E-state index in [1.807, 2.05) is 18.4 Å². The normalized spacial score (nSPS) is 10.7. The van der Waals surface area contributed by atoms with Crippen LogP contribution < -0.4 is 5.32 Å². The summed E-state index contributed by atoms with van der Waals surface area (Å²) < 4.78 is 1.85. The highest BCUT2D eigenvalue weighted by Crippen LogP contribution is 2.25. The lowest BCUT2D eigenvalue weighted by Gasteiger charge is -2.16. The Morgan fingerprint density at radius 3 is 2.93 bits per heavy atom. The fourth-order valence-electron chi connectivity index (χ4n) is 2.91. The lowest BCUT2D eigenvalue weighted by molar-refractivity contribution is -0.384. The number of carbonyl (C=O) groups excluding carboxylic acids is 1. The molecule has 0 radical (unpaired) electrons. The molecule has 1 aromatic carbocycles. The average Bonchev–Trinajstić information content (AvgIpc) is 3.31. The van der Waals surface area contributed by atoms with Crippen molar-refractivity contribution in [3.8, 4) is 11.3 Å². The molecule has 0 bridgehead atoms. The van der Waals surface area contributed by atoms with Gasteiger partial charge in [0.1, 0.15) is 12.2 Å². The Hall–Kier alpha value is -3.76. The molecule has 2 N–H and O–H groups in total. The van der Waals surface area contributed by atoms with Crippen molar-refractivity contribution in [2.75, 3.05) is 7.05 Å². The van der Waals surface area contributed by atoms with E-state index in [4.69, 9.17) is 0 Å². The molecule has 0 atom stereocenters. The molecule has 0 aliphatic carbocycles. The second kappa shape index (κ2) is 8.50. The van der Waals surface area contributed by atoms with Gasteiger partial charge in [0.25, 0.3) is 5.69 Å². The maximum atomic E-state index is 12.4. The summed E-state index contributed by atoms with van der Waals surface area (Å²) in [4.78, 5) is 32.1. The van der Waals surface area contributed by atoms with Crippen LogP contribution in [0.3, 0.4) is 0 Å². The number of nitrogens with zero attached hydrogens (tertiary/aromatic N) is 6. The first-order valence-corrected chi connectivity index (χ1v) is 9.05. The highest BCUT2D eigenvalue weighted by atomic mass is 16.6. The molecule has 11 heteroatoms. The molecule has 3 rings (SSSR count). The molecular weight excluding hydrogens is 376 g/mol. The predicted molar refractivity (Wildman–Crippen MR) is 105 cm³/mol. The molecule has 0 saturated carbocycles. The summed E-state index contributed by atoms with van der Waals surface area (Å²) in [5, 5.41) is 21.6. The minimum Gasteiger partial charge on any atom is -0.344 e. The second-order valence-electron chi connectivity index (χ2n) is 6.51. The van der Waals surface area contributed by atoms with Crippen LogP contribution >= 0.6 is 0 Å². The minimum absolute atomic E-state index is 0.00266. The zero-order valence-corrected chi connectivity index (χ0v) is 16.4. The van der Waals surface area contributed by atoms with Gasteiger partial charge in [0.05, 0.1) is 23.7 Å². The van der Waals surface area contributed by atoms with E-state index in [1.54, 1.807) is 25.5 Å². The van der Waals surface area contributed by atoms with Crippen LogP contribution in [0.5, 0.6) is 0 Å². The topological polar surface area (TPSA) is 135 Å². The van der Waals surface area contributed by atoms with Crippen molar-refractivity contribution in [2.45, 2.75) is 33.5 Å². The Morgan fingerprint density at radius 1 is 1.41 bits per heavy atom. The third-order valence-electron chi connectivity index (χ3n) is 4.43. The molecule has 0 unspecified atom stereocenters. The summed E-state index contributed by atoms with van der Waals surface area (Å²) in [5.41, 5.74) is 2.03. The highest BCUT2D eigenvalue weighted by molar-refractivity contribution is 5.73. The van der Waals surface area contributed by atoms with E-state index in [0.717, 1.165) is 12.2 Å². The Bertz CT molecular complexity index is 1030. The average molecular weight is 398 g/mol. The molecule has 0 saturated heterocycles. The lowest BCUT2D eigenvalue weighted by atomic mass is 10.1. The number of imidazole rings is 1. The molecule has 0 aliphatic heterocycles. The van der Waals surface area contributed by atoms with Gasteiger partial charge >= 0.3 is 6.03 Å². The van der Waals surface area contributed by atoms with Gasteiger partial charge in [-0.15, -0.1) is 10.2 Å². The van der Waals surface area contributed by atoms with Gasteiger partial charge in [0.2, 0.25) is 0 Å². The first-order valence-electron chi connectivity index (χ1n) is 9.05. The molecule has 11 nitrogen and oxygen atoms in total. The Kier molecular flexibility index (Phi) is 5.86. The number of H-pyrrole nitrogens is 1. The van der Waals surface area contributed by atoms with Crippen LogP contribution in [0.2, 0.25) is 0 Å². The van der Waals surface area contributed by atoms with Crippen LogP contribution in [-0.2, 0) is 19.6 Å². The van der Waals surface area contributed by atoms with E-state index >= 15 is 0 Å². The maximum absolute atomic E-state index is 12.4. The largest absolute Gasteiger partial charge is 0.344 e. The molecule has 2 amide bonds. The third kappa shape index (κ3) is 4.57. The Balaban J connectivity index is 1.66. The molecule has 29 heavy (non-hydrogen) atoms. The zero-order chi connectivity index (χ0) is 21.0. The fourth-order valence-corrected chi connectivity index (χ4v) is 2.91. The fraction of sp³-hybridized carbons (Fsp3) is 0.333. The van der Waals surface area contributed by atoms with Gasteiger partial charge in [0, 0.05) is 37.0 Å². The second-order valence-corrected chi connectivity index (χ2v) is 6.51. The number of hydrogen-bond donors (Lipinski definition) is 2. The molecule has 152 valence electrons. The number of aryl methyl sites for hydroxylation is 2. The molecule has 0 fully saturated rings. The van der Waals surface area contributed by atoms with E-state index in [-0.39, 0.29) is 24.8 Å². The van der Waals surface area contributed by atoms with Crippen molar-refractivity contribution in [2.24, 2.45) is 0 Å². The number of nitro benzene ring substituents is 1. The van der Waals surface area contributed by atoms with Crippen molar-refractivity contribution < 1.29 is 9.72 Å². The number of benzene rings is 1. The summed E-state index contributed by atoms with van der Waals surface area (Å²) in [5.74, 6) is 1.26. The minimum atomic E-state index is -0.441. The number of aromatic amines is 1. The van der Waals surface area contributed by atoms with E-state index in [1.165, 1.54) is 17.0 Å². The van der Waals surface area contributed by atoms with E-state index in [9.17, 15) is 14.9 Å². The monoisotopic (exact) mass is 398 g/mol. The van der Waals surface area contributed by atoms with Crippen LogP contribution in [0.1, 0.15) is 24.3 Å². The molecule has 2 heterocycles. The first-order chi connectivity index (χ1) is 13.9. The van der Waals surface area contributed by atoms with Crippen LogP contribution in [0.15, 0.2) is 30.6 Å². The van der Waals surface area contributed by atoms with Crippen LogP contribution in [-0.4, -0.2) is 47.6 Å². The molecular formula is C18H22N8O3. The Morgan fingerprint density at radius 2 is 2.21 bits per heavy atom. The number of urea groups is 1. The van der Waals surface area contributed by atoms with Gasteiger partial charge in [-0.05, 0) is 13.8 Å². The SMILES string of the molecule is CCn1cnnc1CNC(=O)N(C)Cc1nc(-c2cccc([N+](=O)[O-])c2)c(C)[nH]1. The molecule has 2 aromatic heterocycles. The van der Waals surface area contributed by atoms with Crippen molar-refractivity contribution in [3.63, 3.8) is 0 Å². The standard InChI is InChI=1S/C18H22N8O3/c1-4-25-11-20-23-16(25)9-19-18(27)24(3)10-15-21-12(2)17(22-15)13-6-5-7-14(8-13)26(28)29/h5-8,11H,4,9-10H2,1-3H3,(H,19,27)(H,21,22). The predicted octanol–water partition coefficient (Wildman–Crippen LogP) is 2.25. The number of carbonyl (C=O) groups is 1. The first kappa shape index (κ1) is 20.0. The number of nitrogens with one attached hydrogen (secondary N) is 2. The van der Waals surface area contributed by atoms with Gasteiger partial charge in [-0.3, -0.25) is 10.1 Å². The van der Waals surface area contributed by atoms with Crippen molar-refractivity contribution in [3.05, 3.63) is 58.0 Å². The van der Waals surface area contributed by atoms with Crippen molar-refractivity contribution in [1.29, 1.82) is 0 Å². The number of rotatable bonds is 7. The number of nitro groups is 1. The third-order valence-corrected chi connectivity index (χ3v) is 4.43. The lowest BCUT2D eigenvalue weighted by Crippen LogP contribution is -2.37. The zero-order valence-electron chi connectivity index (χ0n) is 16.4. The van der Waals surface area contributed by atoms with E-state index in [0.29, 0.717) is 22.9 Å². The van der Waals surface area contributed by atoms with Gasteiger partial charge < -0.3 is 19.8 Å². The maximum Gasteiger partial charge on any atom is 0.317 e. The Labute approximate surface area is 166 Å². The quantitative estimate of drug-likeness (QED) is 0.463. The van der Waals surface area contributed by atoms with Crippen LogP contribution in [0, 0.1) is 17.0 Å². The summed E-state index contributed by atoms with van der Waals surface area (Å²) in [7, 11) is 1.66. The van der Waals surface area contributed by atoms with Crippen molar-refractivity contribution in [1.82, 2.24) is 34.9 Å². The number of amides is 2. The summed E-state index contributed by atoms with van der Waals surface area (Å²) >= 11 is 0. The number of non-ortho nitro benzene ring substituents is 1. The highest BCUT2D eigenvalue weighted by Gasteiger charge is 2.16. The molecule has 0 spiro atoms. The number of aromatic nitrogens is 5. The van der Waals surface area contributed by atoms with Crippen molar-refractivity contribution >= 4 is 11.7 Å². The van der Waals surface area contributed by atoms with Gasteiger partial charge in [0.15, 0.2) is 5.82 Å². The molecule has 0 aliphatic rings.